The number of carbonyl (C=O) groups excluding carboxylic acids is 1. The van der Waals surface area contributed by atoms with E-state index in [9.17, 15) is 25.0 Å². The topological polar surface area (TPSA) is 116 Å². The first kappa shape index (κ1) is 20.7. The molecular weight excluding hydrogens is 414 g/mol. The van der Waals surface area contributed by atoms with Crippen molar-refractivity contribution in [3.63, 3.8) is 0 Å². The number of methoxy groups -OCH3 is 1. The van der Waals surface area contributed by atoms with Crippen LogP contribution in [0.15, 0.2) is 66.7 Å². The lowest BCUT2D eigenvalue weighted by molar-refractivity contribution is -0.385. The molecule has 160 valence electrons. The van der Waals surface area contributed by atoms with Gasteiger partial charge in [0.2, 0.25) is 0 Å². The summed E-state index contributed by atoms with van der Waals surface area (Å²) in [5.74, 6) is 0.163. The number of benzene rings is 3. The number of carbonyl (C=O) groups is 1. The zero-order valence-electron chi connectivity index (χ0n) is 17.1. The lowest BCUT2D eigenvalue weighted by atomic mass is 9.89. The maximum Gasteiger partial charge on any atom is 0.277 e. The van der Waals surface area contributed by atoms with Crippen molar-refractivity contribution in [2.75, 3.05) is 19.1 Å². The van der Waals surface area contributed by atoms with Crippen LogP contribution in [0.1, 0.15) is 16.7 Å². The Labute approximate surface area is 182 Å². The van der Waals surface area contributed by atoms with Gasteiger partial charge < -0.3 is 9.64 Å². The molecule has 0 unspecified atom stereocenters. The zero-order valence-corrected chi connectivity index (χ0v) is 17.1. The Morgan fingerprint density at radius 2 is 1.62 bits per heavy atom. The number of hydrogen-bond donors (Lipinski definition) is 0. The molecule has 1 aliphatic heterocycles. The highest BCUT2D eigenvalue weighted by molar-refractivity contribution is 6.39. The van der Waals surface area contributed by atoms with Gasteiger partial charge in [-0.3, -0.25) is 25.0 Å². The second kappa shape index (κ2) is 7.95. The van der Waals surface area contributed by atoms with Crippen LogP contribution < -0.4 is 9.64 Å². The number of rotatable bonds is 5. The predicted molar refractivity (Wildman–Crippen MR) is 119 cm³/mol. The number of anilines is 1. The monoisotopic (exact) mass is 431 g/mol. The second-order valence-corrected chi connectivity index (χ2v) is 7.08. The van der Waals surface area contributed by atoms with Gasteiger partial charge in [-0.1, -0.05) is 24.3 Å². The Balaban J connectivity index is 2.11. The molecule has 0 radical (unpaired) electrons. The van der Waals surface area contributed by atoms with Gasteiger partial charge in [0.1, 0.15) is 5.75 Å². The number of fused-ring (bicyclic) bond motifs is 1. The van der Waals surface area contributed by atoms with Gasteiger partial charge in [-0.2, -0.15) is 0 Å². The highest BCUT2D eigenvalue weighted by Crippen LogP contribution is 2.45. The summed E-state index contributed by atoms with van der Waals surface area (Å²) < 4.78 is 5.20. The Hall–Kier alpha value is -4.53. The molecule has 0 aliphatic carbocycles. The van der Waals surface area contributed by atoms with Crippen LogP contribution in [0.3, 0.4) is 0 Å². The molecule has 4 rings (SSSR count). The third kappa shape index (κ3) is 3.35. The van der Waals surface area contributed by atoms with Gasteiger partial charge in [0.15, 0.2) is 0 Å². The van der Waals surface area contributed by atoms with E-state index in [1.807, 2.05) is 0 Å². The van der Waals surface area contributed by atoms with Crippen LogP contribution in [0.25, 0.3) is 11.1 Å². The van der Waals surface area contributed by atoms with Gasteiger partial charge in [-0.15, -0.1) is 0 Å². The van der Waals surface area contributed by atoms with E-state index in [2.05, 4.69) is 0 Å². The average Bonchev–Trinajstić information content (AvgIpc) is 3.04. The number of nitro benzene ring substituents is 2. The summed E-state index contributed by atoms with van der Waals surface area (Å²) in [5, 5.41) is 23.2. The molecule has 9 nitrogen and oxygen atoms in total. The minimum Gasteiger partial charge on any atom is -0.497 e. The van der Waals surface area contributed by atoms with Crippen LogP contribution in [-0.4, -0.2) is 29.9 Å². The molecule has 1 aliphatic rings. The molecule has 0 saturated heterocycles. The summed E-state index contributed by atoms with van der Waals surface area (Å²) >= 11 is 0. The smallest absolute Gasteiger partial charge is 0.277 e. The van der Waals surface area contributed by atoms with E-state index in [1.54, 1.807) is 49.5 Å². The van der Waals surface area contributed by atoms with Gasteiger partial charge >= 0.3 is 0 Å². The number of para-hydroxylation sites is 1. The first-order chi connectivity index (χ1) is 15.3. The Morgan fingerprint density at radius 1 is 0.938 bits per heavy atom. The van der Waals surface area contributed by atoms with Gasteiger partial charge in [0.05, 0.1) is 33.8 Å². The first-order valence-corrected chi connectivity index (χ1v) is 9.53. The quantitative estimate of drug-likeness (QED) is 0.335. The van der Waals surface area contributed by atoms with Gasteiger partial charge in [-0.25, -0.2) is 0 Å². The number of nitrogens with zero attached hydrogens (tertiary/aromatic N) is 3. The van der Waals surface area contributed by atoms with Gasteiger partial charge in [0, 0.05) is 36.4 Å². The Bertz CT molecular complexity index is 1300. The summed E-state index contributed by atoms with van der Waals surface area (Å²) in [7, 11) is 3.08. The summed E-state index contributed by atoms with van der Waals surface area (Å²) in [4.78, 5) is 36.8. The van der Waals surface area contributed by atoms with E-state index in [4.69, 9.17) is 4.74 Å². The largest absolute Gasteiger partial charge is 0.497 e. The number of hydrogen-bond acceptors (Lipinski definition) is 6. The highest BCUT2D eigenvalue weighted by atomic mass is 16.6. The van der Waals surface area contributed by atoms with Gasteiger partial charge in [0.25, 0.3) is 17.3 Å². The molecule has 3 aromatic carbocycles. The van der Waals surface area contributed by atoms with Crippen LogP contribution in [0.2, 0.25) is 0 Å². The highest BCUT2D eigenvalue weighted by Gasteiger charge is 2.36. The zero-order chi connectivity index (χ0) is 23.0. The van der Waals surface area contributed by atoms with Crippen molar-refractivity contribution in [3.05, 3.63) is 104 Å². The predicted octanol–water partition coefficient (Wildman–Crippen LogP) is 4.45. The number of ether oxygens (including phenoxy) is 1. The van der Waals surface area contributed by atoms with Crippen molar-refractivity contribution in [1.29, 1.82) is 0 Å². The fourth-order valence-electron chi connectivity index (χ4n) is 3.80. The van der Waals surface area contributed by atoms with Crippen LogP contribution in [-0.2, 0) is 4.79 Å². The molecule has 1 amide bonds. The molecule has 0 fully saturated rings. The van der Waals surface area contributed by atoms with Crippen LogP contribution >= 0.6 is 0 Å². The number of non-ortho nitro benzene ring substituents is 1. The van der Waals surface area contributed by atoms with E-state index >= 15 is 0 Å². The summed E-state index contributed by atoms with van der Waals surface area (Å²) in [5.41, 5.74) is 1.72. The van der Waals surface area contributed by atoms with E-state index in [0.29, 0.717) is 28.1 Å². The van der Waals surface area contributed by atoms with Crippen molar-refractivity contribution >= 4 is 34.1 Å². The number of amides is 1. The molecule has 0 N–H and O–H groups in total. The standard InChI is InChI=1S/C23H17N3O6/c1-24-19-12-9-15(25(28)29)13-18(19)22(23(24)27)21(14-7-10-16(32-2)11-8-14)17-5-3-4-6-20(17)26(30)31/h3-13H,1-2H3/b22-21-. The molecule has 0 spiro atoms. The lowest BCUT2D eigenvalue weighted by Gasteiger charge is -2.14. The minimum absolute atomic E-state index is 0.158. The fraction of sp³-hybridized carbons (Fsp3) is 0.0870. The van der Waals surface area contributed by atoms with Crippen molar-refractivity contribution in [2.24, 2.45) is 0 Å². The molecular formula is C23H17N3O6. The number of nitro groups is 2. The average molecular weight is 431 g/mol. The Kier molecular flexibility index (Phi) is 5.15. The molecule has 0 atom stereocenters. The van der Waals surface area contributed by atoms with Gasteiger partial charge in [-0.05, 0) is 29.8 Å². The third-order valence-corrected chi connectivity index (χ3v) is 5.34. The van der Waals surface area contributed by atoms with Crippen molar-refractivity contribution < 1.29 is 19.4 Å². The summed E-state index contributed by atoms with van der Waals surface area (Å²) in [6, 6.07) is 17.0. The summed E-state index contributed by atoms with van der Waals surface area (Å²) in [6.45, 7) is 0. The second-order valence-electron chi connectivity index (χ2n) is 7.08. The van der Waals surface area contributed by atoms with E-state index in [1.165, 1.54) is 36.3 Å². The molecule has 9 heteroatoms. The first-order valence-electron chi connectivity index (χ1n) is 9.53. The SMILES string of the molecule is COc1ccc(/C(=C2/C(=O)N(C)c3ccc([N+](=O)[O-])cc32)c2ccccc2[N+](=O)[O-])cc1. The van der Waals surface area contributed by atoms with Crippen LogP contribution in [0.5, 0.6) is 5.75 Å². The van der Waals surface area contributed by atoms with Crippen molar-refractivity contribution in [3.8, 4) is 5.75 Å². The van der Waals surface area contributed by atoms with Crippen LogP contribution in [0, 0.1) is 20.2 Å². The fourth-order valence-corrected chi connectivity index (χ4v) is 3.80. The van der Waals surface area contributed by atoms with E-state index in [-0.39, 0.29) is 22.5 Å². The molecule has 0 aromatic heterocycles. The molecule has 32 heavy (non-hydrogen) atoms. The molecule has 0 bridgehead atoms. The van der Waals surface area contributed by atoms with E-state index < -0.39 is 15.8 Å². The van der Waals surface area contributed by atoms with Crippen molar-refractivity contribution in [2.45, 2.75) is 0 Å². The Morgan fingerprint density at radius 3 is 2.25 bits per heavy atom. The lowest BCUT2D eigenvalue weighted by Crippen LogP contribution is -2.21. The maximum absolute atomic E-state index is 13.3. The third-order valence-electron chi connectivity index (χ3n) is 5.34. The molecule has 3 aromatic rings. The van der Waals surface area contributed by atoms with E-state index in [0.717, 1.165) is 0 Å². The van der Waals surface area contributed by atoms with Crippen LogP contribution in [0.4, 0.5) is 17.1 Å². The minimum atomic E-state index is -0.543. The normalized spacial score (nSPS) is 14.2. The number of likely N-dealkylation sites (N-methyl/N-ethyl adjacent to an activating group) is 1. The summed E-state index contributed by atoms with van der Waals surface area (Å²) in [6.07, 6.45) is 0. The molecule has 1 heterocycles. The maximum atomic E-state index is 13.3. The van der Waals surface area contributed by atoms with Crippen molar-refractivity contribution in [1.82, 2.24) is 0 Å². The molecule has 0 saturated carbocycles.